The van der Waals surface area contributed by atoms with Gasteiger partial charge in [0.1, 0.15) is 5.82 Å². The van der Waals surface area contributed by atoms with E-state index < -0.39 is 5.82 Å². The average Bonchev–Trinajstić information content (AvgIpc) is 3.46. The summed E-state index contributed by atoms with van der Waals surface area (Å²) < 4.78 is 21.1. The van der Waals surface area contributed by atoms with Crippen molar-refractivity contribution in [2.24, 2.45) is 0 Å². The zero-order valence-electron chi connectivity index (χ0n) is 17.7. The Morgan fingerprint density at radius 2 is 2.19 bits per heavy atom. The zero-order chi connectivity index (χ0) is 22.1. The first kappa shape index (κ1) is 20.3. The zero-order valence-corrected chi connectivity index (χ0v) is 17.7. The van der Waals surface area contributed by atoms with Crippen LogP contribution in [0.4, 0.5) is 14.9 Å². The molecule has 2 amide bonds. The molecule has 1 N–H and O–H groups in total. The number of amides is 2. The van der Waals surface area contributed by atoms with Crippen LogP contribution >= 0.6 is 0 Å². The second-order valence-corrected chi connectivity index (χ2v) is 8.10. The number of rotatable bonds is 5. The molecule has 0 spiro atoms. The monoisotopic (exact) mass is 434 g/mol. The number of aryl methyl sites for hydroxylation is 1. The molecule has 5 rings (SSSR count). The average molecular weight is 434 g/mol. The number of nitrogens with one attached hydrogen (secondary N) is 1. The second-order valence-electron chi connectivity index (χ2n) is 8.10. The molecule has 1 saturated heterocycles. The molecule has 4 aromatic rings. The molecule has 1 unspecified atom stereocenters. The number of tetrazole rings is 1. The first-order valence-electron chi connectivity index (χ1n) is 10.6. The van der Waals surface area contributed by atoms with Crippen molar-refractivity contribution in [2.45, 2.75) is 32.4 Å². The molecular weight excluding hydrogens is 411 g/mol. The highest BCUT2D eigenvalue weighted by Gasteiger charge is 2.24. The van der Waals surface area contributed by atoms with Crippen molar-refractivity contribution >= 4 is 28.3 Å². The maximum atomic E-state index is 13.6. The highest BCUT2D eigenvalue weighted by atomic mass is 19.1. The van der Waals surface area contributed by atoms with E-state index in [1.807, 2.05) is 31.2 Å². The smallest absolute Gasteiger partial charge is 0.322 e. The van der Waals surface area contributed by atoms with Gasteiger partial charge < -0.3 is 15.0 Å². The van der Waals surface area contributed by atoms with Gasteiger partial charge in [-0.2, -0.15) is 4.52 Å². The Labute approximate surface area is 184 Å². The van der Waals surface area contributed by atoms with Gasteiger partial charge in [-0.05, 0) is 66.1 Å². The lowest BCUT2D eigenvalue weighted by molar-refractivity contribution is 0.0820. The highest BCUT2D eigenvalue weighted by molar-refractivity contribution is 5.90. The number of anilines is 1. The summed E-state index contributed by atoms with van der Waals surface area (Å²) in [7, 11) is 0. The number of carbonyl (C=O) groups excluding carboxylic acids is 1. The van der Waals surface area contributed by atoms with Crippen LogP contribution in [0.3, 0.4) is 0 Å². The largest absolute Gasteiger partial charge is 0.376 e. The Hall–Kier alpha value is -3.59. The van der Waals surface area contributed by atoms with Crippen LogP contribution in [0.2, 0.25) is 0 Å². The molecular formula is C23H23FN6O2. The van der Waals surface area contributed by atoms with E-state index in [-0.39, 0.29) is 18.7 Å². The lowest BCUT2D eigenvalue weighted by Gasteiger charge is -2.26. The van der Waals surface area contributed by atoms with Crippen LogP contribution in [0.5, 0.6) is 0 Å². The third kappa shape index (κ3) is 4.11. The molecule has 2 aromatic heterocycles. The lowest BCUT2D eigenvalue weighted by Crippen LogP contribution is -2.39. The number of aromatic nitrogens is 4. The Bertz CT molecular complexity index is 1280. The lowest BCUT2D eigenvalue weighted by atomic mass is 10.1. The predicted octanol–water partition coefficient (Wildman–Crippen LogP) is 3.94. The van der Waals surface area contributed by atoms with Crippen LogP contribution in [0.25, 0.3) is 16.6 Å². The summed E-state index contributed by atoms with van der Waals surface area (Å²) in [4.78, 5) is 14.8. The molecule has 1 atom stereocenters. The number of urea groups is 1. The number of ether oxygens (including phenoxy) is 1. The Morgan fingerprint density at radius 3 is 3.00 bits per heavy atom. The fourth-order valence-electron chi connectivity index (χ4n) is 4.11. The molecule has 1 aliphatic rings. The molecule has 2 aromatic carbocycles. The van der Waals surface area contributed by atoms with Crippen LogP contribution in [0.15, 0.2) is 48.5 Å². The molecule has 32 heavy (non-hydrogen) atoms. The van der Waals surface area contributed by atoms with Gasteiger partial charge in [-0.25, -0.2) is 9.18 Å². The van der Waals surface area contributed by atoms with E-state index in [9.17, 15) is 9.18 Å². The third-order valence-electron chi connectivity index (χ3n) is 5.67. The van der Waals surface area contributed by atoms with Gasteiger partial charge in [-0.1, -0.05) is 18.2 Å². The molecule has 0 saturated carbocycles. The van der Waals surface area contributed by atoms with Gasteiger partial charge in [0, 0.05) is 29.8 Å². The molecule has 164 valence electrons. The first-order valence-corrected chi connectivity index (χ1v) is 10.6. The van der Waals surface area contributed by atoms with Crippen molar-refractivity contribution < 1.29 is 13.9 Å². The first-order chi connectivity index (χ1) is 15.6. The maximum absolute atomic E-state index is 13.6. The number of benzene rings is 2. The van der Waals surface area contributed by atoms with E-state index >= 15 is 0 Å². The van der Waals surface area contributed by atoms with E-state index in [4.69, 9.17) is 4.74 Å². The van der Waals surface area contributed by atoms with Gasteiger partial charge in [-0.3, -0.25) is 0 Å². The fourth-order valence-corrected chi connectivity index (χ4v) is 4.11. The summed E-state index contributed by atoms with van der Waals surface area (Å²) in [5, 5.41) is 16.0. The summed E-state index contributed by atoms with van der Waals surface area (Å²) >= 11 is 0. The minimum atomic E-state index is -0.408. The van der Waals surface area contributed by atoms with Crippen molar-refractivity contribution in [1.82, 2.24) is 24.9 Å². The molecule has 0 bridgehead atoms. The Morgan fingerprint density at radius 1 is 1.28 bits per heavy atom. The van der Waals surface area contributed by atoms with Crippen LogP contribution in [0, 0.1) is 12.7 Å². The van der Waals surface area contributed by atoms with Gasteiger partial charge in [0.05, 0.1) is 18.2 Å². The van der Waals surface area contributed by atoms with Crippen LogP contribution in [-0.4, -0.2) is 50.2 Å². The summed E-state index contributed by atoms with van der Waals surface area (Å²) in [6.07, 6.45) is 1.82. The van der Waals surface area contributed by atoms with E-state index in [1.54, 1.807) is 21.5 Å². The van der Waals surface area contributed by atoms with E-state index in [0.717, 1.165) is 34.9 Å². The van der Waals surface area contributed by atoms with Gasteiger partial charge in [0.25, 0.3) is 0 Å². The van der Waals surface area contributed by atoms with Crippen LogP contribution < -0.4 is 5.32 Å². The molecule has 1 aliphatic heterocycles. The molecule has 1 fully saturated rings. The number of fused-ring (bicyclic) bond motifs is 3. The van der Waals surface area contributed by atoms with Gasteiger partial charge in [0.15, 0.2) is 5.65 Å². The van der Waals surface area contributed by atoms with E-state index in [1.165, 1.54) is 12.1 Å². The van der Waals surface area contributed by atoms with Crippen molar-refractivity contribution in [3.05, 3.63) is 65.5 Å². The van der Waals surface area contributed by atoms with Gasteiger partial charge in [-0.15, -0.1) is 5.10 Å². The summed E-state index contributed by atoms with van der Waals surface area (Å²) in [5.41, 5.74) is 3.83. The summed E-state index contributed by atoms with van der Waals surface area (Å²) in [6, 6.07) is 13.6. The van der Waals surface area contributed by atoms with E-state index in [2.05, 4.69) is 20.8 Å². The molecule has 8 nitrogen and oxygen atoms in total. The second kappa shape index (κ2) is 8.51. The topological polar surface area (TPSA) is 84.6 Å². The Kier molecular flexibility index (Phi) is 5.40. The molecule has 0 radical (unpaired) electrons. The van der Waals surface area contributed by atoms with Crippen molar-refractivity contribution in [3.63, 3.8) is 0 Å². The standard InChI is InChI=1S/C23H23FN6O2/c1-15-7-8-16-11-17(22-26-27-28-30(22)21(16)10-15)13-29(14-20-6-3-9-32-20)23(31)25-19-5-2-4-18(24)12-19/h2,4-5,7-8,10-12,20H,3,6,9,13-14H2,1H3,(H,25,31). The third-order valence-corrected chi connectivity index (χ3v) is 5.67. The highest BCUT2D eigenvalue weighted by Crippen LogP contribution is 2.23. The summed E-state index contributed by atoms with van der Waals surface area (Å²) in [5.74, 6) is -0.408. The minimum Gasteiger partial charge on any atom is -0.376 e. The number of nitrogens with zero attached hydrogens (tertiary/aromatic N) is 5. The number of carbonyl (C=O) groups is 1. The predicted molar refractivity (Wildman–Crippen MR) is 118 cm³/mol. The minimum absolute atomic E-state index is 0.0385. The number of hydrogen-bond donors (Lipinski definition) is 1. The number of hydrogen-bond acceptors (Lipinski definition) is 5. The molecule has 0 aliphatic carbocycles. The maximum Gasteiger partial charge on any atom is 0.322 e. The van der Waals surface area contributed by atoms with Gasteiger partial charge in [0.2, 0.25) is 0 Å². The van der Waals surface area contributed by atoms with Crippen LogP contribution in [0.1, 0.15) is 24.0 Å². The quantitative estimate of drug-likeness (QED) is 0.514. The van der Waals surface area contributed by atoms with Crippen molar-refractivity contribution in [3.8, 4) is 0 Å². The van der Waals surface area contributed by atoms with Crippen molar-refractivity contribution in [2.75, 3.05) is 18.5 Å². The van der Waals surface area contributed by atoms with Crippen LogP contribution in [-0.2, 0) is 11.3 Å². The van der Waals surface area contributed by atoms with Gasteiger partial charge >= 0.3 is 6.03 Å². The number of pyridine rings is 1. The normalized spacial score (nSPS) is 16.0. The Balaban J connectivity index is 1.48. The fraction of sp³-hybridized carbons (Fsp3) is 0.304. The molecule has 9 heteroatoms. The summed E-state index contributed by atoms with van der Waals surface area (Å²) in [6.45, 7) is 3.41. The van der Waals surface area contributed by atoms with E-state index in [0.29, 0.717) is 24.5 Å². The number of halogens is 1. The SMILES string of the molecule is Cc1ccc2cc(CN(CC3CCCO3)C(=O)Nc3cccc(F)c3)c3nnnn3c2c1. The van der Waals surface area contributed by atoms with Crippen molar-refractivity contribution in [1.29, 1.82) is 0 Å². The molecule has 3 heterocycles.